The molecule has 2 aromatic rings. The maximum absolute atomic E-state index is 12.4. The molecule has 5 amide bonds. The van der Waals surface area contributed by atoms with Crippen molar-refractivity contribution in [3.05, 3.63) is 53.1 Å². The van der Waals surface area contributed by atoms with Crippen LogP contribution in [-0.2, 0) is 9.59 Å². The van der Waals surface area contributed by atoms with E-state index in [1.54, 1.807) is 30.3 Å². The summed E-state index contributed by atoms with van der Waals surface area (Å²) in [6.45, 7) is 0. The van der Waals surface area contributed by atoms with Crippen molar-refractivity contribution in [2.75, 3.05) is 16.4 Å². The number of halogens is 1. The molecule has 1 atom stereocenters. The lowest BCUT2D eigenvalue weighted by Crippen LogP contribution is -2.30. The second-order valence-electron chi connectivity index (χ2n) is 6.38. The van der Waals surface area contributed by atoms with Crippen molar-refractivity contribution in [3.63, 3.8) is 0 Å². The van der Waals surface area contributed by atoms with Crippen LogP contribution in [0.4, 0.5) is 21.9 Å². The number of nitrogen functional groups attached to an aromatic ring is 1. The van der Waals surface area contributed by atoms with Gasteiger partial charge in [-0.2, -0.15) is 0 Å². The zero-order chi connectivity index (χ0) is 21.0. The van der Waals surface area contributed by atoms with Gasteiger partial charge in [0.1, 0.15) is 6.04 Å². The molecule has 0 saturated carbocycles. The first-order chi connectivity index (χ1) is 13.8. The number of urea groups is 1. The van der Waals surface area contributed by atoms with E-state index in [0.29, 0.717) is 17.1 Å². The van der Waals surface area contributed by atoms with Gasteiger partial charge in [-0.15, -0.1) is 0 Å². The highest BCUT2D eigenvalue weighted by molar-refractivity contribution is 6.34. The van der Waals surface area contributed by atoms with Crippen LogP contribution in [0.3, 0.4) is 0 Å². The summed E-state index contributed by atoms with van der Waals surface area (Å²) in [4.78, 5) is 47.1. The second-order valence-corrected chi connectivity index (χ2v) is 6.78. The van der Waals surface area contributed by atoms with Crippen LogP contribution >= 0.6 is 11.6 Å². The van der Waals surface area contributed by atoms with E-state index in [1.165, 1.54) is 12.1 Å². The number of amides is 5. The maximum atomic E-state index is 12.4. The van der Waals surface area contributed by atoms with Crippen molar-refractivity contribution < 1.29 is 19.2 Å². The molecule has 1 unspecified atom stereocenters. The minimum atomic E-state index is -0.720. The second kappa shape index (κ2) is 8.61. The summed E-state index contributed by atoms with van der Waals surface area (Å²) >= 11 is 6.04. The lowest BCUT2D eigenvalue weighted by Gasteiger charge is -2.11. The molecule has 0 aromatic heterocycles. The highest BCUT2D eigenvalue weighted by Crippen LogP contribution is 2.22. The lowest BCUT2D eigenvalue weighted by molar-refractivity contribution is -0.120. The molecule has 150 valence electrons. The SMILES string of the molecule is Nc1ccc(Cl)c(C(=O)Nc2cccc(NC(=O)CCC3NC(=O)NC3=O)c2)c1. The van der Waals surface area contributed by atoms with Crippen LogP contribution in [0.25, 0.3) is 0 Å². The van der Waals surface area contributed by atoms with Crippen molar-refractivity contribution in [2.45, 2.75) is 18.9 Å². The Bertz CT molecular complexity index is 994. The Labute approximate surface area is 171 Å². The zero-order valence-corrected chi connectivity index (χ0v) is 15.9. The number of nitrogens with two attached hydrogens (primary N) is 1. The van der Waals surface area contributed by atoms with Gasteiger partial charge in [0.25, 0.3) is 11.8 Å². The van der Waals surface area contributed by atoms with E-state index in [1.807, 2.05) is 0 Å². The van der Waals surface area contributed by atoms with Crippen LogP contribution in [0.2, 0.25) is 5.02 Å². The number of rotatable bonds is 6. The van der Waals surface area contributed by atoms with Gasteiger partial charge in [0.2, 0.25) is 5.91 Å². The minimum absolute atomic E-state index is 0.0356. The van der Waals surface area contributed by atoms with Crippen LogP contribution in [0.5, 0.6) is 0 Å². The van der Waals surface area contributed by atoms with E-state index in [9.17, 15) is 19.2 Å². The fourth-order valence-corrected chi connectivity index (χ4v) is 2.95. The number of carbonyl (C=O) groups is 4. The topological polar surface area (TPSA) is 142 Å². The molecule has 1 heterocycles. The summed E-state index contributed by atoms with van der Waals surface area (Å²) in [6.07, 6.45) is 0.210. The van der Waals surface area contributed by atoms with Crippen LogP contribution in [0, 0.1) is 0 Å². The van der Waals surface area contributed by atoms with Crippen LogP contribution in [0.15, 0.2) is 42.5 Å². The van der Waals surface area contributed by atoms with E-state index >= 15 is 0 Å². The number of nitrogens with one attached hydrogen (secondary N) is 4. The normalized spacial score (nSPS) is 15.4. The van der Waals surface area contributed by atoms with Gasteiger partial charge in [-0.25, -0.2) is 4.79 Å². The minimum Gasteiger partial charge on any atom is -0.399 e. The van der Waals surface area contributed by atoms with Gasteiger partial charge in [-0.1, -0.05) is 17.7 Å². The summed E-state index contributed by atoms with van der Waals surface area (Å²) in [5, 5.41) is 10.2. The molecule has 9 nitrogen and oxygen atoms in total. The van der Waals surface area contributed by atoms with Crippen molar-refractivity contribution >= 4 is 52.4 Å². The number of carbonyl (C=O) groups excluding carboxylic acids is 4. The molecule has 0 bridgehead atoms. The summed E-state index contributed by atoms with van der Waals surface area (Å²) < 4.78 is 0. The zero-order valence-electron chi connectivity index (χ0n) is 15.1. The molecule has 3 rings (SSSR count). The molecule has 2 aromatic carbocycles. The Morgan fingerprint density at radius 1 is 1.07 bits per heavy atom. The lowest BCUT2D eigenvalue weighted by atomic mass is 10.1. The van der Waals surface area contributed by atoms with Crippen molar-refractivity contribution in [3.8, 4) is 0 Å². The first-order valence-corrected chi connectivity index (χ1v) is 9.07. The van der Waals surface area contributed by atoms with Crippen molar-refractivity contribution in [1.29, 1.82) is 0 Å². The maximum Gasteiger partial charge on any atom is 0.322 e. The monoisotopic (exact) mass is 415 g/mol. The average Bonchev–Trinajstić information content (AvgIpc) is 2.99. The molecule has 0 aliphatic carbocycles. The third-order valence-electron chi connectivity index (χ3n) is 4.16. The Morgan fingerprint density at radius 3 is 2.48 bits per heavy atom. The smallest absolute Gasteiger partial charge is 0.322 e. The number of imide groups is 1. The van der Waals surface area contributed by atoms with Gasteiger partial charge in [0, 0.05) is 23.5 Å². The highest BCUT2D eigenvalue weighted by Gasteiger charge is 2.29. The molecule has 6 N–H and O–H groups in total. The van der Waals surface area contributed by atoms with E-state index in [0.717, 1.165) is 0 Å². The summed E-state index contributed by atoms with van der Waals surface area (Å²) in [7, 11) is 0. The molecular weight excluding hydrogens is 398 g/mol. The molecular formula is C19H18ClN5O4. The van der Waals surface area contributed by atoms with Crippen LogP contribution < -0.4 is 27.0 Å². The van der Waals surface area contributed by atoms with Gasteiger partial charge in [-0.05, 0) is 42.8 Å². The van der Waals surface area contributed by atoms with E-state index in [-0.39, 0.29) is 29.3 Å². The fourth-order valence-electron chi connectivity index (χ4n) is 2.75. The first kappa shape index (κ1) is 20.2. The van der Waals surface area contributed by atoms with Gasteiger partial charge >= 0.3 is 6.03 Å². The van der Waals surface area contributed by atoms with Gasteiger partial charge < -0.3 is 21.7 Å². The predicted octanol–water partition coefficient (Wildman–Crippen LogP) is 2.10. The summed E-state index contributed by atoms with van der Waals surface area (Å²) in [6, 6.07) is 9.88. The summed E-state index contributed by atoms with van der Waals surface area (Å²) in [5.41, 5.74) is 7.25. The predicted molar refractivity (Wildman–Crippen MR) is 109 cm³/mol. The Hall–Kier alpha value is -3.59. The Morgan fingerprint density at radius 2 is 1.79 bits per heavy atom. The molecule has 1 aliphatic heterocycles. The molecule has 0 radical (unpaired) electrons. The average molecular weight is 416 g/mol. The largest absolute Gasteiger partial charge is 0.399 e. The third kappa shape index (κ3) is 5.23. The number of benzene rings is 2. The molecule has 1 aliphatic rings. The molecule has 10 heteroatoms. The standard InChI is InChI=1S/C19H18ClN5O4/c20-14-5-4-10(21)8-13(14)17(27)23-12-3-1-2-11(9-12)22-16(26)7-6-15-18(28)25-19(29)24-15/h1-5,8-9,15H,6-7,21H2,(H,22,26)(H,23,27)(H2,24,25,28,29). The molecule has 1 fully saturated rings. The molecule has 29 heavy (non-hydrogen) atoms. The fraction of sp³-hybridized carbons (Fsp3) is 0.158. The highest BCUT2D eigenvalue weighted by atomic mass is 35.5. The van der Waals surface area contributed by atoms with Gasteiger partial charge in [0.15, 0.2) is 0 Å². The molecule has 1 saturated heterocycles. The van der Waals surface area contributed by atoms with Crippen LogP contribution in [-0.4, -0.2) is 29.8 Å². The van der Waals surface area contributed by atoms with Gasteiger partial charge in [0.05, 0.1) is 10.6 Å². The first-order valence-electron chi connectivity index (χ1n) is 8.69. The van der Waals surface area contributed by atoms with Crippen molar-refractivity contribution in [1.82, 2.24) is 10.6 Å². The Balaban J connectivity index is 1.58. The van der Waals surface area contributed by atoms with E-state index < -0.39 is 23.9 Å². The number of anilines is 3. The van der Waals surface area contributed by atoms with E-state index in [2.05, 4.69) is 21.3 Å². The number of hydrogen-bond acceptors (Lipinski definition) is 5. The van der Waals surface area contributed by atoms with Crippen LogP contribution in [0.1, 0.15) is 23.2 Å². The quantitative estimate of drug-likeness (QED) is 0.362. The number of hydrogen-bond donors (Lipinski definition) is 5. The van der Waals surface area contributed by atoms with E-state index in [4.69, 9.17) is 17.3 Å². The van der Waals surface area contributed by atoms with Gasteiger partial charge in [-0.3, -0.25) is 19.7 Å². The Kier molecular flexibility index (Phi) is 5.99. The van der Waals surface area contributed by atoms with Crippen molar-refractivity contribution in [2.24, 2.45) is 0 Å². The summed E-state index contributed by atoms with van der Waals surface area (Å²) in [5.74, 6) is -1.22. The third-order valence-corrected chi connectivity index (χ3v) is 4.49. The molecule has 0 spiro atoms.